The second-order valence-corrected chi connectivity index (χ2v) is 12.3. The van der Waals surface area contributed by atoms with Crippen LogP contribution in [0.2, 0.25) is 0 Å². The summed E-state index contributed by atoms with van der Waals surface area (Å²) in [7, 11) is 0. The third-order valence-electron chi connectivity index (χ3n) is 8.30. The van der Waals surface area contributed by atoms with Crippen molar-refractivity contribution in [3.8, 4) is 0 Å². The monoisotopic (exact) mass is 568 g/mol. The lowest BCUT2D eigenvalue weighted by molar-refractivity contribution is -0.143. The molecule has 0 aromatic rings. The Hall–Kier alpha value is -0.610. The standard InChI is InChI=1S/C36H73NO3/c1-5-8-10-12-14-22-28-34-40-36(38)30-24-18-16-20-26-32-37(7-3)31-25-19-15-17-23-29-35(4)39-33-27-21-13-11-9-6-2/h35H,5-34H2,1-4H3. The van der Waals surface area contributed by atoms with E-state index in [2.05, 4.69) is 32.6 Å². The van der Waals surface area contributed by atoms with Gasteiger partial charge >= 0.3 is 5.97 Å². The first kappa shape index (κ1) is 39.4. The molecule has 0 aliphatic heterocycles. The smallest absolute Gasteiger partial charge is 0.305 e. The number of rotatable bonds is 33. The predicted octanol–water partition coefficient (Wildman–Crippen LogP) is 11.0. The highest BCUT2D eigenvalue weighted by atomic mass is 16.5. The molecule has 1 unspecified atom stereocenters. The molecule has 0 saturated heterocycles. The molecule has 0 aliphatic rings. The molecule has 0 aliphatic carbocycles. The van der Waals surface area contributed by atoms with Crippen molar-refractivity contribution in [2.24, 2.45) is 0 Å². The van der Waals surface area contributed by atoms with E-state index in [4.69, 9.17) is 9.47 Å². The van der Waals surface area contributed by atoms with E-state index >= 15 is 0 Å². The Morgan fingerprint density at radius 2 is 1.00 bits per heavy atom. The molecule has 4 nitrogen and oxygen atoms in total. The zero-order chi connectivity index (χ0) is 29.4. The summed E-state index contributed by atoms with van der Waals surface area (Å²) >= 11 is 0. The van der Waals surface area contributed by atoms with Crippen LogP contribution in [-0.4, -0.2) is 49.8 Å². The van der Waals surface area contributed by atoms with Crippen LogP contribution in [0.4, 0.5) is 0 Å². The fraction of sp³-hybridized carbons (Fsp3) is 0.972. The number of carbonyl (C=O) groups excluding carboxylic acids is 1. The largest absolute Gasteiger partial charge is 0.466 e. The van der Waals surface area contributed by atoms with Gasteiger partial charge in [-0.1, -0.05) is 136 Å². The first-order chi connectivity index (χ1) is 19.6. The van der Waals surface area contributed by atoms with Crippen LogP contribution < -0.4 is 0 Å². The van der Waals surface area contributed by atoms with Crippen molar-refractivity contribution >= 4 is 5.97 Å². The molecule has 0 amide bonds. The molecule has 0 aromatic carbocycles. The van der Waals surface area contributed by atoms with E-state index in [0.717, 1.165) is 32.4 Å². The van der Waals surface area contributed by atoms with Gasteiger partial charge in [-0.05, 0) is 65.1 Å². The van der Waals surface area contributed by atoms with Crippen LogP contribution in [0.25, 0.3) is 0 Å². The Kier molecular flexibility index (Phi) is 32.4. The van der Waals surface area contributed by atoms with E-state index in [0.29, 0.717) is 19.1 Å². The van der Waals surface area contributed by atoms with Crippen LogP contribution in [-0.2, 0) is 14.3 Å². The number of unbranched alkanes of at least 4 members (excludes halogenated alkanes) is 19. The van der Waals surface area contributed by atoms with Gasteiger partial charge in [0, 0.05) is 13.0 Å². The van der Waals surface area contributed by atoms with Gasteiger partial charge in [-0.15, -0.1) is 0 Å². The number of ether oxygens (including phenoxy) is 2. The Morgan fingerprint density at radius 3 is 1.55 bits per heavy atom. The van der Waals surface area contributed by atoms with Crippen molar-refractivity contribution < 1.29 is 14.3 Å². The molecule has 0 radical (unpaired) electrons. The van der Waals surface area contributed by atoms with Gasteiger partial charge in [-0.3, -0.25) is 4.79 Å². The van der Waals surface area contributed by atoms with Crippen LogP contribution in [0.3, 0.4) is 0 Å². The topological polar surface area (TPSA) is 38.8 Å². The van der Waals surface area contributed by atoms with Crippen LogP contribution in [0, 0.1) is 0 Å². The molecule has 0 saturated carbocycles. The molecular weight excluding hydrogens is 494 g/mol. The normalized spacial score (nSPS) is 12.3. The summed E-state index contributed by atoms with van der Waals surface area (Å²) in [5, 5.41) is 0. The van der Waals surface area contributed by atoms with Gasteiger partial charge in [0.2, 0.25) is 0 Å². The van der Waals surface area contributed by atoms with E-state index in [9.17, 15) is 4.79 Å². The lowest BCUT2D eigenvalue weighted by atomic mass is 10.1. The van der Waals surface area contributed by atoms with Crippen molar-refractivity contribution in [2.75, 3.05) is 32.8 Å². The Morgan fingerprint density at radius 1 is 0.550 bits per heavy atom. The molecule has 0 aromatic heterocycles. The zero-order valence-corrected chi connectivity index (χ0v) is 28.0. The van der Waals surface area contributed by atoms with Gasteiger partial charge < -0.3 is 14.4 Å². The van der Waals surface area contributed by atoms with Gasteiger partial charge in [0.25, 0.3) is 0 Å². The zero-order valence-electron chi connectivity index (χ0n) is 28.0. The third kappa shape index (κ3) is 30.4. The number of hydrogen-bond acceptors (Lipinski definition) is 4. The molecule has 0 rings (SSSR count). The molecule has 0 N–H and O–H groups in total. The summed E-state index contributed by atoms with van der Waals surface area (Å²) in [6.07, 6.45) is 31.8. The van der Waals surface area contributed by atoms with Gasteiger partial charge in [0.15, 0.2) is 0 Å². The summed E-state index contributed by atoms with van der Waals surface area (Å²) < 4.78 is 11.4. The highest BCUT2D eigenvalue weighted by Gasteiger charge is 2.05. The molecule has 0 heterocycles. The van der Waals surface area contributed by atoms with Crippen LogP contribution in [0.1, 0.15) is 188 Å². The second kappa shape index (κ2) is 32.9. The fourth-order valence-electron chi connectivity index (χ4n) is 5.43. The second-order valence-electron chi connectivity index (χ2n) is 12.3. The molecular formula is C36H73NO3. The number of hydrogen-bond donors (Lipinski definition) is 0. The highest BCUT2D eigenvalue weighted by molar-refractivity contribution is 5.69. The van der Waals surface area contributed by atoms with E-state index < -0.39 is 0 Å². The Labute approximate surface area is 252 Å². The van der Waals surface area contributed by atoms with E-state index in [1.165, 1.54) is 148 Å². The van der Waals surface area contributed by atoms with Gasteiger partial charge in [0.05, 0.1) is 12.7 Å². The van der Waals surface area contributed by atoms with E-state index in [-0.39, 0.29) is 5.97 Å². The Bertz CT molecular complexity index is 498. The quantitative estimate of drug-likeness (QED) is 0.0584. The molecule has 40 heavy (non-hydrogen) atoms. The third-order valence-corrected chi connectivity index (χ3v) is 8.30. The van der Waals surface area contributed by atoms with E-state index in [1.54, 1.807) is 0 Å². The lowest BCUT2D eigenvalue weighted by Gasteiger charge is -2.20. The molecule has 240 valence electrons. The minimum atomic E-state index is 0.00878. The average Bonchev–Trinajstić information content (AvgIpc) is 2.95. The summed E-state index contributed by atoms with van der Waals surface area (Å²) in [6, 6.07) is 0. The Balaban J connectivity index is 3.44. The minimum absolute atomic E-state index is 0.00878. The SMILES string of the molecule is CCCCCCCCCOC(=O)CCCCCCCN(CC)CCCCCCCC(C)OCCCCCCCC. The maximum absolute atomic E-state index is 11.9. The predicted molar refractivity (Wildman–Crippen MR) is 175 cm³/mol. The molecule has 0 spiro atoms. The molecule has 4 heteroatoms. The summed E-state index contributed by atoms with van der Waals surface area (Å²) in [5.41, 5.74) is 0. The minimum Gasteiger partial charge on any atom is -0.466 e. The van der Waals surface area contributed by atoms with Gasteiger partial charge in [0.1, 0.15) is 0 Å². The van der Waals surface area contributed by atoms with E-state index in [1.807, 2.05) is 0 Å². The molecule has 1 atom stereocenters. The van der Waals surface area contributed by atoms with Crippen molar-refractivity contribution in [3.05, 3.63) is 0 Å². The number of esters is 1. The summed E-state index contributed by atoms with van der Waals surface area (Å²) in [5.74, 6) is 0.00878. The van der Waals surface area contributed by atoms with Crippen molar-refractivity contribution in [1.82, 2.24) is 4.90 Å². The van der Waals surface area contributed by atoms with Crippen molar-refractivity contribution in [2.45, 2.75) is 194 Å². The molecule has 0 fully saturated rings. The highest BCUT2D eigenvalue weighted by Crippen LogP contribution is 2.13. The van der Waals surface area contributed by atoms with Gasteiger partial charge in [-0.2, -0.15) is 0 Å². The fourth-order valence-corrected chi connectivity index (χ4v) is 5.43. The summed E-state index contributed by atoms with van der Waals surface area (Å²) in [6.45, 7) is 14.3. The number of carbonyl (C=O) groups is 1. The van der Waals surface area contributed by atoms with Crippen molar-refractivity contribution in [1.29, 1.82) is 0 Å². The molecule has 0 bridgehead atoms. The van der Waals surface area contributed by atoms with Crippen LogP contribution in [0.15, 0.2) is 0 Å². The average molecular weight is 568 g/mol. The number of nitrogens with zero attached hydrogens (tertiary/aromatic N) is 1. The first-order valence-electron chi connectivity index (χ1n) is 18.1. The maximum Gasteiger partial charge on any atom is 0.305 e. The van der Waals surface area contributed by atoms with Crippen molar-refractivity contribution in [3.63, 3.8) is 0 Å². The summed E-state index contributed by atoms with van der Waals surface area (Å²) in [4.78, 5) is 14.5. The lowest BCUT2D eigenvalue weighted by Crippen LogP contribution is -2.25. The van der Waals surface area contributed by atoms with Crippen LogP contribution >= 0.6 is 0 Å². The van der Waals surface area contributed by atoms with Crippen LogP contribution in [0.5, 0.6) is 0 Å². The first-order valence-corrected chi connectivity index (χ1v) is 18.1. The maximum atomic E-state index is 11.9. The van der Waals surface area contributed by atoms with Gasteiger partial charge in [-0.25, -0.2) is 0 Å².